The first-order chi connectivity index (χ1) is 11.8. The Hall–Kier alpha value is -1.98. The van der Waals surface area contributed by atoms with Crippen LogP contribution in [0.3, 0.4) is 0 Å². The van der Waals surface area contributed by atoms with Crippen molar-refractivity contribution in [2.24, 2.45) is 0 Å². The minimum absolute atomic E-state index is 0.231. The van der Waals surface area contributed by atoms with Crippen molar-refractivity contribution in [1.82, 2.24) is 14.8 Å². The lowest BCUT2D eigenvalue weighted by Crippen LogP contribution is -2.46. The van der Waals surface area contributed by atoms with Gasteiger partial charge in [0.25, 0.3) is 0 Å². The molecule has 1 aromatic carbocycles. The molecular formula is C19H24FN3O. The van der Waals surface area contributed by atoms with Crippen LogP contribution in [0.4, 0.5) is 4.39 Å². The fraction of sp³-hybridized carbons (Fsp3) is 0.421. The van der Waals surface area contributed by atoms with E-state index >= 15 is 0 Å². The number of piperazine rings is 1. The van der Waals surface area contributed by atoms with Gasteiger partial charge in [0.2, 0.25) is 0 Å². The van der Waals surface area contributed by atoms with E-state index in [1.165, 1.54) is 12.1 Å². The van der Waals surface area contributed by atoms with Crippen molar-refractivity contribution >= 4 is 0 Å². The number of hydrogen-bond donors (Lipinski definition) is 0. The molecule has 1 saturated heterocycles. The summed E-state index contributed by atoms with van der Waals surface area (Å²) in [6, 6.07) is 12.3. The predicted molar refractivity (Wildman–Crippen MR) is 92.5 cm³/mol. The highest BCUT2D eigenvalue weighted by atomic mass is 19.1. The molecule has 4 nitrogen and oxygen atoms in total. The van der Waals surface area contributed by atoms with Crippen LogP contribution in [0.1, 0.15) is 12.1 Å². The molecule has 0 radical (unpaired) electrons. The highest BCUT2D eigenvalue weighted by Gasteiger charge is 2.16. The summed E-state index contributed by atoms with van der Waals surface area (Å²) in [6.45, 7) is 6.97. The van der Waals surface area contributed by atoms with Gasteiger partial charge in [0.05, 0.1) is 12.3 Å². The van der Waals surface area contributed by atoms with Gasteiger partial charge in [-0.05, 0) is 42.8 Å². The minimum Gasteiger partial charge on any atom is -0.494 e. The summed E-state index contributed by atoms with van der Waals surface area (Å²) in [6.07, 6.45) is 2.84. The van der Waals surface area contributed by atoms with Crippen LogP contribution in [-0.4, -0.2) is 54.1 Å². The predicted octanol–water partition coefficient (Wildman–Crippen LogP) is 2.81. The van der Waals surface area contributed by atoms with Gasteiger partial charge in [-0.3, -0.25) is 9.88 Å². The maximum absolute atomic E-state index is 12.8. The van der Waals surface area contributed by atoms with E-state index in [4.69, 9.17) is 4.74 Å². The van der Waals surface area contributed by atoms with E-state index in [-0.39, 0.29) is 5.82 Å². The second kappa shape index (κ2) is 8.76. The fourth-order valence-electron chi connectivity index (χ4n) is 2.90. The maximum Gasteiger partial charge on any atom is 0.123 e. The van der Waals surface area contributed by atoms with E-state index in [0.29, 0.717) is 6.61 Å². The molecule has 24 heavy (non-hydrogen) atoms. The first-order valence-electron chi connectivity index (χ1n) is 8.52. The monoisotopic (exact) mass is 329 g/mol. The highest BCUT2D eigenvalue weighted by molar-refractivity contribution is 5.21. The maximum atomic E-state index is 12.8. The van der Waals surface area contributed by atoms with E-state index in [9.17, 15) is 4.39 Å². The van der Waals surface area contributed by atoms with Gasteiger partial charge >= 0.3 is 0 Å². The molecule has 0 aliphatic carbocycles. The van der Waals surface area contributed by atoms with Crippen LogP contribution in [0.2, 0.25) is 0 Å². The second-order valence-corrected chi connectivity index (χ2v) is 6.09. The first-order valence-corrected chi connectivity index (χ1v) is 8.52. The number of nitrogens with zero attached hydrogens (tertiary/aromatic N) is 3. The summed E-state index contributed by atoms with van der Waals surface area (Å²) < 4.78 is 18.5. The van der Waals surface area contributed by atoms with Crippen LogP contribution in [0.5, 0.6) is 5.75 Å². The quantitative estimate of drug-likeness (QED) is 0.731. The zero-order valence-electron chi connectivity index (χ0n) is 13.9. The Balaban J connectivity index is 1.30. The molecule has 0 unspecified atom stereocenters. The van der Waals surface area contributed by atoms with Gasteiger partial charge < -0.3 is 9.64 Å². The van der Waals surface area contributed by atoms with Gasteiger partial charge in [-0.2, -0.15) is 0 Å². The van der Waals surface area contributed by atoms with Gasteiger partial charge in [-0.25, -0.2) is 4.39 Å². The molecule has 1 fully saturated rings. The molecule has 0 amide bonds. The Morgan fingerprint density at radius 1 is 0.958 bits per heavy atom. The topological polar surface area (TPSA) is 28.6 Å². The number of benzene rings is 1. The van der Waals surface area contributed by atoms with Crippen LogP contribution < -0.4 is 4.74 Å². The molecule has 0 atom stereocenters. The molecule has 2 aromatic rings. The first kappa shape index (κ1) is 16.9. The third kappa shape index (κ3) is 5.28. The van der Waals surface area contributed by atoms with Crippen LogP contribution >= 0.6 is 0 Å². The summed E-state index contributed by atoms with van der Waals surface area (Å²) >= 11 is 0. The molecule has 1 aliphatic rings. The van der Waals surface area contributed by atoms with E-state index in [1.807, 2.05) is 18.3 Å². The zero-order chi connectivity index (χ0) is 16.6. The van der Waals surface area contributed by atoms with E-state index in [2.05, 4.69) is 20.9 Å². The molecule has 0 N–H and O–H groups in total. The van der Waals surface area contributed by atoms with Gasteiger partial charge in [0.15, 0.2) is 0 Å². The molecule has 128 valence electrons. The Morgan fingerprint density at radius 3 is 2.42 bits per heavy atom. The molecule has 0 bridgehead atoms. The molecule has 1 aromatic heterocycles. The largest absolute Gasteiger partial charge is 0.494 e. The van der Waals surface area contributed by atoms with Gasteiger partial charge in [0, 0.05) is 45.5 Å². The number of aromatic nitrogens is 1. The number of ether oxygens (including phenoxy) is 1. The van der Waals surface area contributed by atoms with E-state index in [0.717, 1.165) is 57.1 Å². The van der Waals surface area contributed by atoms with Crippen molar-refractivity contribution in [3.63, 3.8) is 0 Å². The summed E-state index contributed by atoms with van der Waals surface area (Å²) in [4.78, 5) is 9.32. The lowest BCUT2D eigenvalue weighted by atomic mass is 10.2. The summed E-state index contributed by atoms with van der Waals surface area (Å²) in [5, 5.41) is 0. The third-order valence-corrected chi connectivity index (χ3v) is 4.28. The SMILES string of the molecule is Fc1ccc(OCCCN2CCN(Cc3ccccn3)CC2)cc1. The molecule has 1 aliphatic heterocycles. The van der Waals surface area contributed by atoms with Crippen LogP contribution in [0, 0.1) is 5.82 Å². The summed E-state index contributed by atoms with van der Waals surface area (Å²) in [7, 11) is 0. The normalized spacial score (nSPS) is 16.2. The fourth-order valence-corrected chi connectivity index (χ4v) is 2.90. The smallest absolute Gasteiger partial charge is 0.123 e. The molecule has 2 heterocycles. The molecule has 0 saturated carbocycles. The van der Waals surface area contributed by atoms with Crippen molar-refractivity contribution in [3.8, 4) is 5.75 Å². The van der Waals surface area contributed by atoms with Crippen LogP contribution in [0.15, 0.2) is 48.7 Å². The van der Waals surface area contributed by atoms with Gasteiger partial charge in [-0.15, -0.1) is 0 Å². The zero-order valence-corrected chi connectivity index (χ0v) is 13.9. The lowest BCUT2D eigenvalue weighted by Gasteiger charge is -2.34. The van der Waals surface area contributed by atoms with Crippen molar-refractivity contribution < 1.29 is 9.13 Å². The average Bonchev–Trinajstić information content (AvgIpc) is 2.62. The molecule has 3 rings (SSSR count). The number of rotatable bonds is 7. The summed E-state index contributed by atoms with van der Waals surface area (Å²) in [5.74, 6) is 0.502. The van der Waals surface area contributed by atoms with Crippen molar-refractivity contribution in [2.75, 3.05) is 39.3 Å². The number of halogens is 1. The van der Waals surface area contributed by atoms with Gasteiger partial charge in [0.1, 0.15) is 11.6 Å². The van der Waals surface area contributed by atoms with Crippen LogP contribution in [0.25, 0.3) is 0 Å². The Morgan fingerprint density at radius 2 is 1.71 bits per heavy atom. The van der Waals surface area contributed by atoms with Crippen molar-refractivity contribution in [3.05, 3.63) is 60.2 Å². The average molecular weight is 329 g/mol. The summed E-state index contributed by atoms with van der Waals surface area (Å²) in [5.41, 5.74) is 1.14. The van der Waals surface area contributed by atoms with Crippen molar-refractivity contribution in [1.29, 1.82) is 0 Å². The highest BCUT2D eigenvalue weighted by Crippen LogP contribution is 2.12. The molecule has 5 heteroatoms. The standard InChI is InChI=1S/C19H24FN3O/c20-17-5-7-19(8-6-17)24-15-3-10-22-11-13-23(14-12-22)16-18-4-1-2-9-21-18/h1-2,4-9H,3,10-16H2. The number of pyridine rings is 1. The Kier molecular flexibility index (Phi) is 6.15. The minimum atomic E-state index is -0.231. The van der Waals surface area contributed by atoms with Crippen molar-refractivity contribution in [2.45, 2.75) is 13.0 Å². The molecule has 0 spiro atoms. The number of hydrogen-bond acceptors (Lipinski definition) is 4. The van der Waals surface area contributed by atoms with Gasteiger partial charge in [-0.1, -0.05) is 6.07 Å². The third-order valence-electron chi connectivity index (χ3n) is 4.28. The van der Waals surface area contributed by atoms with E-state index < -0.39 is 0 Å². The lowest BCUT2D eigenvalue weighted by molar-refractivity contribution is 0.120. The molecular weight excluding hydrogens is 305 g/mol. The van der Waals surface area contributed by atoms with E-state index in [1.54, 1.807) is 12.1 Å². The second-order valence-electron chi connectivity index (χ2n) is 6.09. The van der Waals surface area contributed by atoms with Crippen LogP contribution in [-0.2, 0) is 6.54 Å². The Labute approximate surface area is 142 Å². The Bertz CT molecular complexity index is 598.